The van der Waals surface area contributed by atoms with Crippen LogP contribution in [0, 0.1) is 17.7 Å². The monoisotopic (exact) mass is 462 g/mol. The SMILES string of the molecule is COc1ccc(F)c(-c2ccc(C3COc4ccc(C(C5CC5)C(C)C(=O)O)cc4O3)cc2)c1. The first kappa shape index (κ1) is 22.3. The van der Waals surface area contributed by atoms with Crippen LogP contribution in [0.2, 0.25) is 0 Å². The van der Waals surface area contributed by atoms with Gasteiger partial charge in [0, 0.05) is 5.56 Å². The molecular weight excluding hydrogens is 435 g/mol. The van der Waals surface area contributed by atoms with Crippen LogP contribution in [0.4, 0.5) is 4.39 Å². The molecule has 34 heavy (non-hydrogen) atoms. The van der Waals surface area contributed by atoms with Gasteiger partial charge in [0.2, 0.25) is 0 Å². The molecule has 176 valence electrons. The zero-order valence-corrected chi connectivity index (χ0v) is 19.2. The van der Waals surface area contributed by atoms with Crippen molar-refractivity contribution < 1.29 is 28.5 Å². The van der Waals surface area contributed by atoms with Crippen molar-refractivity contribution in [2.24, 2.45) is 11.8 Å². The minimum absolute atomic E-state index is 0.0381. The van der Waals surface area contributed by atoms with Crippen LogP contribution in [0.3, 0.4) is 0 Å². The molecule has 0 amide bonds. The Kier molecular flexibility index (Phi) is 5.90. The molecule has 0 saturated heterocycles. The molecule has 1 heterocycles. The second-order valence-corrected chi connectivity index (χ2v) is 9.08. The van der Waals surface area contributed by atoms with Gasteiger partial charge in [0.15, 0.2) is 17.6 Å². The summed E-state index contributed by atoms with van der Waals surface area (Å²) in [5.74, 6) is 0.685. The number of carboxylic acid groups (broad SMARTS) is 1. The fraction of sp³-hybridized carbons (Fsp3) is 0.321. The van der Waals surface area contributed by atoms with E-state index in [1.807, 2.05) is 42.5 Å². The number of carboxylic acids is 1. The van der Waals surface area contributed by atoms with E-state index in [1.165, 1.54) is 6.07 Å². The highest BCUT2D eigenvalue weighted by atomic mass is 19.1. The minimum Gasteiger partial charge on any atom is -0.497 e. The van der Waals surface area contributed by atoms with E-state index in [2.05, 4.69) is 0 Å². The van der Waals surface area contributed by atoms with Crippen molar-refractivity contribution in [3.8, 4) is 28.4 Å². The summed E-state index contributed by atoms with van der Waals surface area (Å²) in [5, 5.41) is 9.58. The number of methoxy groups -OCH3 is 1. The molecule has 6 heteroatoms. The Morgan fingerprint density at radius 2 is 1.82 bits per heavy atom. The van der Waals surface area contributed by atoms with Gasteiger partial charge < -0.3 is 19.3 Å². The molecule has 1 saturated carbocycles. The Balaban J connectivity index is 1.37. The summed E-state index contributed by atoms with van der Waals surface area (Å²) in [4.78, 5) is 11.7. The normalized spacial score (nSPS) is 18.7. The Hall–Kier alpha value is -3.54. The maximum Gasteiger partial charge on any atom is 0.306 e. The molecule has 1 fully saturated rings. The second-order valence-electron chi connectivity index (χ2n) is 9.08. The van der Waals surface area contributed by atoms with Gasteiger partial charge >= 0.3 is 5.97 Å². The minimum atomic E-state index is -0.780. The highest BCUT2D eigenvalue weighted by Gasteiger charge is 2.39. The first-order chi connectivity index (χ1) is 16.4. The summed E-state index contributed by atoms with van der Waals surface area (Å²) >= 11 is 0. The van der Waals surface area contributed by atoms with Crippen LogP contribution in [-0.4, -0.2) is 24.8 Å². The van der Waals surface area contributed by atoms with Crippen molar-refractivity contribution in [3.05, 3.63) is 77.6 Å². The molecule has 0 radical (unpaired) electrons. The average Bonchev–Trinajstić information content (AvgIpc) is 3.69. The number of rotatable bonds is 7. The number of ether oxygens (including phenoxy) is 3. The fourth-order valence-corrected chi connectivity index (χ4v) is 4.77. The van der Waals surface area contributed by atoms with Gasteiger partial charge in [0.25, 0.3) is 0 Å². The number of halogens is 1. The molecule has 2 aliphatic rings. The van der Waals surface area contributed by atoms with E-state index in [9.17, 15) is 14.3 Å². The molecule has 3 aromatic carbocycles. The van der Waals surface area contributed by atoms with Gasteiger partial charge in [0.1, 0.15) is 18.2 Å². The first-order valence-electron chi connectivity index (χ1n) is 11.5. The molecule has 3 atom stereocenters. The topological polar surface area (TPSA) is 65.0 Å². The zero-order chi connectivity index (χ0) is 23.8. The van der Waals surface area contributed by atoms with Crippen LogP contribution < -0.4 is 14.2 Å². The van der Waals surface area contributed by atoms with Crippen molar-refractivity contribution in [3.63, 3.8) is 0 Å². The highest BCUT2D eigenvalue weighted by molar-refractivity contribution is 5.71. The van der Waals surface area contributed by atoms with Crippen LogP contribution in [-0.2, 0) is 4.79 Å². The van der Waals surface area contributed by atoms with E-state index in [0.29, 0.717) is 35.3 Å². The third-order valence-electron chi connectivity index (χ3n) is 6.84. The van der Waals surface area contributed by atoms with Gasteiger partial charge in [-0.25, -0.2) is 4.39 Å². The van der Waals surface area contributed by atoms with Crippen molar-refractivity contribution in [1.29, 1.82) is 0 Å². The Labute approximate surface area is 198 Å². The molecule has 5 nitrogen and oxygen atoms in total. The number of hydrogen-bond acceptors (Lipinski definition) is 4. The molecule has 0 spiro atoms. The predicted molar refractivity (Wildman–Crippen MR) is 126 cm³/mol. The number of fused-ring (bicyclic) bond motifs is 1. The molecule has 1 aliphatic heterocycles. The molecule has 3 unspecified atom stereocenters. The average molecular weight is 463 g/mol. The maximum atomic E-state index is 14.3. The van der Waals surface area contributed by atoms with E-state index >= 15 is 0 Å². The van der Waals surface area contributed by atoms with E-state index in [4.69, 9.17) is 14.2 Å². The van der Waals surface area contributed by atoms with Crippen molar-refractivity contribution in [2.75, 3.05) is 13.7 Å². The smallest absolute Gasteiger partial charge is 0.306 e. The van der Waals surface area contributed by atoms with Crippen LogP contribution in [0.15, 0.2) is 60.7 Å². The van der Waals surface area contributed by atoms with Crippen LogP contribution in [0.1, 0.15) is 42.9 Å². The van der Waals surface area contributed by atoms with Gasteiger partial charge in [-0.2, -0.15) is 0 Å². The van der Waals surface area contributed by atoms with Crippen LogP contribution >= 0.6 is 0 Å². The van der Waals surface area contributed by atoms with Crippen LogP contribution in [0.25, 0.3) is 11.1 Å². The second kappa shape index (κ2) is 9.01. The lowest BCUT2D eigenvalue weighted by atomic mass is 9.83. The lowest BCUT2D eigenvalue weighted by Gasteiger charge is -2.29. The third kappa shape index (κ3) is 4.32. The van der Waals surface area contributed by atoms with Crippen molar-refractivity contribution in [1.82, 2.24) is 0 Å². The summed E-state index contributed by atoms with van der Waals surface area (Å²) in [5.41, 5.74) is 3.11. The summed E-state index contributed by atoms with van der Waals surface area (Å²) in [6.45, 7) is 2.13. The Morgan fingerprint density at radius 1 is 1.06 bits per heavy atom. The lowest BCUT2D eigenvalue weighted by Crippen LogP contribution is -2.23. The van der Waals surface area contributed by atoms with E-state index in [0.717, 1.165) is 29.5 Å². The third-order valence-corrected chi connectivity index (χ3v) is 6.84. The van der Waals surface area contributed by atoms with E-state index < -0.39 is 11.9 Å². The maximum absolute atomic E-state index is 14.3. The molecule has 1 N–H and O–H groups in total. The lowest BCUT2D eigenvalue weighted by molar-refractivity contribution is -0.142. The van der Waals surface area contributed by atoms with Gasteiger partial charge in [-0.15, -0.1) is 0 Å². The van der Waals surface area contributed by atoms with Crippen molar-refractivity contribution >= 4 is 5.97 Å². The molecule has 5 rings (SSSR count). The molecular formula is C28H27FO5. The summed E-state index contributed by atoms with van der Waals surface area (Å²) in [7, 11) is 1.55. The van der Waals surface area contributed by atoms with E-state index in [-0.39, 0.29) is 17.8 Å². The number of carbonyl (C=O) groups is 1. The Morgan fingerprint density at radius 3 is 2.50 bits per heavy atom. The van der Waals surface area contributed by atoms with Gasteiger partial charge in [0.05, 0.1) is 13.0 Å². The molecule has 1 aliphatic carbocycles. The Bertz CT molecular complexity index is 1200. The molecule has 3 aromatic rings. The zero-order valence-electron chi connectivity index (χ0n) is 19.2. The largest absolute Gasteiger partial charge is 0.497 e. The highest BCUT2D eigenvalue weighted by Crippen LogP contribution is 2.49. The van der Waals surface area contributed by atoms with Crippen LogP contribution in [0.5, 0.6) is 17.2 Å². The predicted octanol–water partition coefficient (Wildman–Crippen LogP) is 6.23. The van der Waals surface area contributed by atoms with E-state index in [1.54, 1.807) is 26.2 Å². The number of hydrogen-bond donors (Lipinski definition) is 1. The standard InChI is InChI=1S/C28H27FO5/c1-16(28(30)31)27(19-7-8-19)20-9-12-24-25(13-20)34-26(15-33-24)18-5-3-17(4-6-18)22-14-21(32-2)10-11-23(22)29/h3-6,9-14,16,19,26-27H,7-8,15H2,1-2H3,(H,30,31). The quantitative estimate of drug-likeness (QED) is 0.451. The fourth-order valence-electron chi connectivity index (χ4n) is 4.77. The summed E-state index contributed by atoms with van der Waals surface area (Å²) < 4.78 is 31.8. The first-order valence-corrected chi connectivity index (χ1v) is 11.5. The van der Waals surface area contributed by atoms with Gasteiger partial charge in [-0.1, -0.05) is 37.3 Å². The summed E-state index contributed by atoms with van der Waals surface area (Å²) in [6, 6.07) is 18.0. The molecule has 0 bridgehead atoms. The van der Waals surface area contributed by atoms with Crippen molar-refractivity contribution in [2.45, 2.75) is 31.8 Å². The van der Waals surface area contributed by atoms with Gasteiger partial charge in [-0.3, -0.25) is 4.79 Å². The molecule has 0 aromatic heterocycles. The van der Waals surface area contributed by atoms with Gasteiger partial charge in [-0.05, 0) is 71.7 Å². The summed E-state index contributed by atoms with van der Waals surface area (Å²) in [6.07, 6.45) is 1.79. The number of benzene rings is 3. The number of aliphatic carboxylic acids is 1.